The Hall–Kier alpha value is -4.01. The number of nitrogens with one attached hydrogen (secondary N) is 3. The van der Waals surface area contributed by atoms with Crippen LogP contribution in [0.5, 0.6) is 0 Å². The summed E-state index contributed by atoms with van der Waals surface area (Å²) < 4.78 is 35.7. The first kappa shape index (κ1) is 29.1. The molecule has 0 aromatic carbocycles. The number of fused-ring (bicyclic) bond motifs is 1. The molecule has 15 heteroatoms. The Kier molecular flexibility index (Phi) is 7.83. The van der Waals surface area contributed by atoms with Crippen molar-refractivity contribution in [3.05, 3.63) is 57.4 Å². The number of halogens is 3. The highest BCUT2D eigenvalue weighted by Gasteiger charge is 2.36. The normalized spacial score (nSPS) is 18.6. The summed E-state index contributed by atoms with van der Waals surface area (Å²) in [5.41, 5.74) is 0.730. The van der Waals surface area contributed by atoms with E-state index in [1.54, 1.807) is 10.7 Å². The van der Waals surface area contributed by atoms with Crippen LogP contribution in [-0.4, -0.2) is 60.4 Å². The smallest absolute Gasteiger partial charge is 0.252 e. The fraction of sp³-hybridized carbons (Fsp3) is 0.429. The molecule has 43 heavy (non-hydrogen) atoms. The standard InChI is InChI=1S/C28H30ClF2N9O3/c1-28(27(32)34-15-12-18(30)36-19(42)13-15)6-9-39(10-7-28)25-17(14-41)35-23-22(16-5-8-33-24(31)21(16)29)38-40(26(23)37-25)20-4-2-3-11-43-20/h5,8,12-13,20,41H,2-4,6-7,9-11,14H2,1H3,(H3,32,34,36,42). The first-order valence-electron chi connectivity index (χ1n) is 14.0. The molecule has 4 aromatic heterocycles. The van der Waals surface area contributed by atoms with Crippen LogP contribution in [0.4, 0.5) is 20.3 Å². The van der Waals surface area contributed by atoms with E-state index in [0.29, 0.717) is 72.9 Å². The van der Waals surface area contributed by atoms with Gasteiger partial charge in [0.25, 0.3) is 5.56 Å². The highest BCUT2D eigenvalue weighted by Crippen LogP contribution is 2.38. The van der Waals surface area contributed by atoms with Gasteiger partial charge in [-0.1, -0.05) is 18.5 Å². The summed E-state index contributed by atoms with van der Waals surface area (Å²) in [7, 11) is 0. The molecule has 4 aromatic rings. The first-order valence-corrected chi connectivity index (χ1v) is 14.4. The molecule has 12 nitrogen and oxygen atoms in total. The van der Waals surface area contributed by atoms with Gasteiger partial charge in [-0.2, -0.15) is 13.9 Å². The predicted molar refractivity (Wildman–Crippen MR) is 156 cm³/mol. The molecule has 1 atom stereocenters. The maximum atomic E-state index is 14.3. The first-order chi connectivity index (χ1) is 20.7. The van der Waals surface area contributed by atoms with E-state index in [2.05, 4.69) is 10.3 Å². The molecule has 1 unspecified atom stereocenters. The molecule has 4 N–H and O–H groups in total. The fourth-order valence-corrected chi connectivity index (χ4v) is 5.77. The lowest BCUT2D eigenvalue weighted by Crippen LogP contribution is -2.45. The Labute approximate surface area is 249 Å². The van der Waals surface area contributed by atoms with Crippen molar-refractivity contribution in [3.8, 4) is 11.3 Å². The largest absolute Gasteiger partial charge is 0.390 e. The van der Waals surface area contributed by atoms with Crippen LogP contribution in [0.1, 0.15) is 50.9 Å². The number of hydrogen-bond acceptors (Lipinski definition) is 9. The van der Waals surface area contributed by atoms with Crippen LogP contribution >= 0.6 is 11.6 Å². The average molecular weight is 614 g/mol. The van der Waals surface area contributed by atoms with Gasteiger partial charge in [0.1, 0.15) is 27.8 Å². The van der Waals surface area contributed by atoms with Crippen molar-refractivity contribution in [1.29, 1.82) is 5.41 Å². The minimum atomic E-state index is -0.830. The van der Waals surface area contributed by atoms with E-state index >= 15 is 0 Å². The molecule has 2 aliphatic rings. The van der Waals surface area contributed by atoms with Gasteiger partial charge < -0.3 is 20.1 Å². The maximum Gasteiger partial charge on any atom is 0.252 e. The molecule has 2 fully saturated rings. The van der Waals surface area contributed by atoms with E-state index in [1.807, 2.05) is 16.8 Å². The third-order valence-corrected chi connectivity index (χ3v) is 8.47. The monoisotopic (exact) mass is 613 g/mol. The van der Waals surface area contributed by atoms with Crippen molar-refractivity contribution in [3.63, 3.8) is 0 Å². The Balaban J connectivity index is 1.33. The van der Waals surface area contributed by atoms with Crippen LogP contribution in [0, 0.1) is 22.7 Å². The quantitative estimate of drug-likeness (QED) is 0.141. The van der Waals surface area contributed by atoms with E-state index < -0.39 is 35.7 Å². The SMILES string of the molecule is CC1(C(=N)Nc2cc(F)[nH]c(=O)c2)CCN(c2nc3c(nc2CO)c(-c2ccnc(F)c2Cl)nn3C2CCCCO2)CC1. The van der Waals surface area contributed by atoms with Gasteiger partial charge in [-0.25, -0.2) is 19.6 Å². The van der Waals surface area contributed by atoms with Gasteiger partial charge in [-0.15, -0.1) is 0 Å². The predicted octanol–water partition coefficient (Wildman–Crippen LogP) is 4.40. The summed E-state index contributed by atoms with van der Waals surface area (Å²) in [5, 5.41) is 26.4. The number of rotatable bonds is 6. The molecule has 0 aliphatic carbocycles. The van der Waals surface area contributed by atoms with Crippen molar-refractivity contribution >= 4 is 40.1 Å². The van der Waals surface area contributed by atoms with Crippen molar-refractivity contribution in [2.45, 2.75) is 51.9 Å². The number of aliphatic hydroxyl groups is 1. The number of pyridine rings is 2. The number of piperidine rings is 1. The van der Waals surface area contributed by atoms with Crippen LogP contribution in [0.2, 0.25) is 5.02 Å². The molecule has 0 amide bonds. The molecular formula is C28H30ClF2N9O3. The number of anilines is 2. The maximum absolute atomic E-state index is 14.3. The van der Waals surface area contributed by atoms with Crippen LogP contribution < -0.4 is 15.8 Å². The Bertz CT molecular complexity index is 1750. The number of H-pyrrole nitrogens is 1. The Morgan fingerprint density at radius 3 is 2.77 bits per heavy atom. The number of aromatic nitrogens is 6. The zero-order chi connectivity index (χ0) is 30.3. The highest BCUT2D eigenvalue weighted by atomic mass is 35.5. The minimum Gasteiger partial charge on any atom is -0.390 e. The highest BCUT2D eigenvalue weighted by molar-refractivity contribution is 6.33. The van der Waals surface area contributed by atoms with Gasteiger partial charge in [0.15, 0.2) is 23.6 Å². The molecule has 0 saturated carbocycles. The zero-order valence-corrected chi connectivity index (χ0v) is 24.1. The summed E-state index contributed by atoms with van der Waals surface area (Å²) in [6, 6.07) is 3.89. The van der Waals surface area contributed by atoms with Gasteiger partial charge in [0.2, 0.25) is 5.95 Å². The van der Waals surface area contributed by atoms with E-state index in [-0.39, 0.29) is 16.5 Å². The molecule has 2 aliphatic heterocycles. The van der Waals surface area contributed by atoms with Crippen molar-refractivity contribution in [2.75, 3.05) is 29.9 Å². The summed E-state index contributed by atoms with van der Waals surface area (Å²) in [6.45, 7) is 3.07. The van der Waals surface area contributed by atoms with Crippen LogP contribution in [0.3, 0.4) is 0 Å². The fourth-order valence-electron chi connectivity index (χ4n) is 5.57. The summed E-state index contributed by atoms with van der Waals surface area (Å²) in [4.78, 5) is 29.0. The van der Waals surface area contributed by atoms with Crippen LogP contribution in [-0.2, 0) is 11.3 Å². The number of hydrogen-bond donors (Lipinski definition) is 4. The molecule has 2 saturated heterocycles. The van der Waals surface area contributed by atoms with Crippen LogP contribution in [0.25, 0.3) is 22.4 Å². The Morgan fingerprint density at radius 2 is 2.07 bits per heavy atom. The number of ether oxygens (including phenoxy) is 1. The van der Waals surface area contributed by atoms with Gasteiger partial charge in [0, 0.05) is 54.7 Å². The zero-order valence-electron chi connectivity index (χ0n) is 23.3. The summed E-state index contributed by atoms with van der Waals surface area (Å²) in [6.07, 6.45) is 4.56. The second-order valence-electron chi connectivity index (χ2n) is 11.0. The Morgan fingerprint density at radius 1 is 1.28 bits per heavy atom. The minimum absolute atomic E-state index is 0.166. The van der Waals surface area contributed by atoms with Crippen molar-refractivity contribution in [2.24, 2.45) is 5.41 Å². The van der Waals surface area contributed by atoms with Gasteiger partial charge >= 0.3 is 0 Å². The topological polar surface area (TPSA) is 158 Å². The lowest BCUT2D eigenvalue weighted by atomic mass is 9.79. The number of aromatic amines is 1. The number of aliphatic hydroxyl groups excluding tert-OH is 1. The second-order valence-corrected chi connectivity index (χ2v) is 11.4. The molecule has 6 heterocycles. The summed E-state index contributed by atoms with van der Waals surface area (Å²) >= 11 is 6.29. The van der Waals surface area contributed by atoms with E-state index in [0.717, 1.165) is 18.9 Å². The molecular weight excluding hydrogens is 584 g/mol. The number of nitrogens with zero attached hydrogens (tertiary/aromatic N) is 6. The van der Waals surface area contributed by atoms with Crippen molar-refractivity contribution in [1.82, 2.24) is 29.7 Å². The molecule has 0 radical (unpaired) electrons. The number of amidine groups is 1. The van der Waals surface area contributed by atoms with E-state index in [9.17, 15) is 18.7 Å². The van der Waals surface area contributed by atoms with Gasteiger partial charge in [-0.3, -0.25) is 15.2 Å². The van der Waals surface area contributed by atoms with Crippen LogP contribution in [0.15, 0.2) is 29.2 Å². The molecule has 0 bridgehead atoms. The van der Waals surface area contributed by atoms with E-state index in [4.69, 9.17) is 36.8 Å². The second kappa shape index (κ2) is 11.6. The van der Waals surface area contributed by atoms with Crippen molar-refractivity contribution < 1.29 is 18.6 Å². The summed E-state index contributed by atoms with van der Waals surface area (Å²) in [5.74, 6) is -0.975. The lowest BCUT2D eigenvalue weighted by Gasteiger charge is -2.40. The lowest BCUT2D eigenvalue weighted by molar-refractivity contribution is -0.0368. The van der Waals surface area contributed by atoms with E-state index in [1.165, 1.54) is 12.3 Å². The molecule has 6 rings (SSSR count). The third kappa shape index (κ3) is 5.57. The molecule has 226 valence electrons. The molecule has 0 spiro atoms. The van der Waals surface area contributed by atoms with Gasteiger partial charge in [0.05, 0.1) is 6.61 Å². The third-order valence-electron chi connectivity index (χ3n) is 8.11. The van der Waals surface area contributed by atoms with Gasteiger partial charge in [-0.05, 0) is 38.2 Å². The average Bonchev–Trinajstić information content (AvgIpc) is 3.36.